The molecule has 164 valence electrons. The molecule has 3 heterocycles. The molecule has 0 N–H and O–H groups in total. The first-order chi connectivity index (χ1) is 16.2. The lowest BCUT2D eigenvalue weighted by Gasteiger charge is -2.35. The number of piperazine rings is 1. The number of anilines is 1. The first kappa shape index (κ1) is 21.4. The zero-order valence-electron chi connectivity index (χ0n) is 17.8. The fraction of sp³-hybridized carbons (Fsp3) is 0.200. The fourth-order valence-corrected chi connectivity index (χ4v) is 5.65. The van der Waals surface area contributed by atoms with E-state index in [4.69, 9.17) is 5.26 Å². The van der Waals surface area contributed by atoms with Gasteiger partial charge >= 0.3 is 0 Å². The summed E-state index contributed by atoms with van der Waals surface area (Å²) in [5.41, 5.74) is 2.52. The van der Waals surface area contributed by atoms with Crippen molar-refractivity contribution in [2.24, 2.45) is 0 Å². The van der Waals surface area contributed by atoms with Crippen molar-refractivity contribution in [2.75, 3.05) is 31.1 Å². The number of benzene rings is 2. The van der Waals surface area contributed by atoms with Crippen LogP contribution in [0, 0.1) is 11.3 Å². The smallest absolute Gasteiger partial charge is 0.255 e. The topological polar surface area (TPSA) is 73.1 Å². The molecule has 1 aliphatic heterocycles. The largest absolute Gasteiger partial charge is 0.352 e. The first-order valence-electron chi connectivity index (χ1n) is 10.7. The summed E-state index contributed by atoms with van der Waals surface area (Å²) in [5.74, 6) is 1.77. The van der Waals surface area contributed by atoms with Crippen LogP contribution in [-0.4, -0.2) is 47.0 Å². The van der Waals surface area contributed by atoms with Crippen LogP contribution in [0.25, 0.3) is 10.2 Å². The van der Waals surface area contributed by atoms with E-state index in [0.29, 0.717) is 18.7 Å². The summed E-state index contributed by atoms with van der Waals surface area (Å²) < 4.78 is 0. The lowest BCUT2D eigenvalue weighted by molar-refractivity contribution is 0.0743. The van der Waals surface area contributed by atoms with Gasteiger partial charge in [-0.25, -0.2) is 9.97 Å². The molecule has 0 spiro atoms. The van der Waals surface area contributed by atoms with Crippen molar-refractivity contribution in [3.63, 3.8) is 0 Å². The summed E-state index contributed by atoms with van der Waals surface area (Å²) in [4.78, 5) is 28.4. The molecule has 0 aliphatic carbocycles. The maximum absolute atomic E-state index is 13.4. The Morgan fingerprint density at radius 1 is 1.03 bits per heavy atom. The predicted molar refractivity (Wildman–Crippen MR) is 133 cm³/mol. The normalized spacial score (nSPS) is 13.8. The first-order valence-corrected chi connectivity index (χ1v) is 12.5. The monoisotopic (exact) mass is 471 g/mol. The van der Waals surface area contributed by atoms with Gasteiger partial charge in [0.1, 0.15) is 17.0 Å². The van der Waals surface area contributed by atoms with Gasteiger partial charge in [-0.3, -0.25) is 4.79 Å². The molecule has 5 rings (SSSR count). The molecule has 1 fully saturated rings. The van der Waals surface area contributed by atoms with Gasteiger partial charge in [0.25, 0.3) is 5.91 Å². The minimum atomic E-state index is 0.0703. The second kappa shape index (κ2) is 9.61. The third-order valence-electron chi connectivity index (χ3n) is 5.70. The van der Waals surface area contributed by atoms with E-state index in [1.54, 1.807) is 29.4 Å². The van der Waals surface area contributed by atoms with Gasteiger partial charge in [-0.15, -0.1) is 23.1 Å². The summed E-state index contributed by atoms with van der Waals surface area (Å²) in [5, 5.41) is 12.1. The Morgan fingerprint density at radius 2 is 1.82 bits per heavy atom. The average molecular weight is 472 g/mol. The van der Waals surface area contributed by atoms with Gasteiger partial charge in [0.2, 0.25) is 0 Å². The zero-order chi connectivity index (χ0) is 22.6. The molecule has 33 heavy (non-hydrogen) atoms. The Kier molecular flexibility index (Phi) is 6.24. The van der Waals surface area contributed by atoms with Crippen molar-refractivity contribution < 1.29 is 4.79 Å². The Hall–Kier alpha value is -3.41. The highest BCUT2D eigenvalue weighted by molar-refractivity contribution is 7.98. The maximum atomic E-state index is 13.4. The summed E-state index contributed by atoms with van der Waals surface area (Å²) >= 11 is 3.26. The Labute approximate surface area is 200 Å². The number of rotatable bonds is 5. The summed E-state index contributed by atoms with van der Waals surface area (Å²) in [7, 11) is 0. The number of carbonyl (C=O) groups excluding carboxylic acids is 1. The molecule has 2 aromatic heterocycles. The van der Waals surface area contributed by atoms with Crippen LogP contribution in [-0.2, 0) is 5.75 Å². The van der Waals surface area contributed by atoms with Crippen molar-refractivity contribution >= 4 is 45.0 Å². The van der Waals surface area contributed by atoms with E-state index in [2.05, 4.69) is 27.0 Å². The third-order valence-corrected chi connectivity index (χ3v) is 7.67. The van der Waals surface area contributed by atoms with Gasteiger partial charge < -0.3 is 9.80 Å². The molecule has 4 aromatic rings. The van der Waals surface area contributed by atoms with E-state index in [-0.39, 0.29) is 5.91 Å². The Balaban J connectivity index is 1.25. The second-order valence-corrected chi connectivity index (χ2v) is 9.62. The molecule has 0 saturated carbocycles. The molecule has 1 aliphatic rings. The molecule has 2 aromatic carbocycles. The van der Waals surface area contributed by atoms with E-state index < -0.39 is 0 Å². The van der Waals surface area contributed by atoms with Crippen molar-refractivity contribution in [1.29, 1.82) is 5.26 Å². The minimum absolute atomic E-state index is 0.0703. The number of hydrogen-bond donors (Lipinski definition) is 0. The number of nitriles is 1. The summed E-state index contributed by atoms with van der Waals surface area (Å²) in [6.45, 7) is 2.80. The van der Waals surface area contributed by atoms with Crippen molar-refractivity contribution in [2.45, 2.75) is 10.6 Å². The number of thioether (sulfide) groups is 1. The van der Waals surface area contributed by atoms with Crippen LogP contribution in [0.15, 0.2) is 71.2 Å². The van der Waals surface area contributed by atoms with E-state index in [0.717, 1.165) is 50.9 Å². The molecular formula is C25H21N5OS2. The van der Waals surface area contributed by atoms with Gasteiger partial charge in [0, 0.05) is 36.8 Å². The van der Waals surface area contributed by atoms with Gasteiger partial charge in [0.05, 0.1) is 22.6 Å². The Bertz CT molecular complexity index is 1320. The standard InChI is InChI=1S/C25H21N5OS2/c26-15-18-5-7-19(8-6-18)16-33-22-4-2-1-3-20(22)25(31)30-12-10-29(11-13-30)23-21-9-14-32-24(21)28-17-27-23/h1-9,14,17H,10-13,16H2. The fourth-order valence-electron chi connectivity index (χ4n) is 3.93. The molecule has 0 unspecified atom stereocenters. The number of fused-ring (bicyclic) bond motifs is 1. The number of aromatic nitrogens is 2. The lowest BCUT2D eigenvalue weighted by Crippen LogP contribution is -2.49. The average Bonchev–Trinajstić information content (AvgIpc) is 3.37. The number of thiophene rings is 1. The molecule has 8 heteroatoms. The summed E-state index contributed by atoms with van der Waals surface area (Å²) in [6.07, 6.45) is 1.62. The Morgan fingerprint density at radius 3 is 2.61 bits per heavy atom. The van der Waals surface area contributed by atoms with Crippen molar-refractivity contribution in [1.82, 2.24) is 14.9 Å². The van der Waals surface area contributed by atoms with Crippen LogP contribution in [0.2, 0.25) is 0 Å². The van der Waals surface area contributed by atoms with Crippen LogP contribution in [0.1, 0.15) is 21.5 Å². The van der Waals surface area contributed by atoms with Crippen LogP contribution in [0.5, 0.6) is 0 Å². The molecule has 6 nitrogen and oxygen atoms in total. The molecule has 0 bridgehead atoms. The highest BCUT2D eigenvalue weighted by Crippen LogP contribution is 2.29. The van der Waals surface area contributed by atoms with Crippen LogP contribution in [0.3, 0.4) is 0 Å². The van der Waals surface area contributed by atoms with E-state index in [9.17, 15) is 4.79 Å². The van der Waals surface area contributed by atoms with E-state index in [1.165, 1.54) is 0 Å². The predicted octanol–water partition coefficient (Wildman–Crippen LogP) is 4.82. The SMILES string of the molecule is N#Cc1ccc(CSc2ccccc2C(=O)N2CCN(c3ncnc4sccc34)CC2)cc1. The zero-order valence-corrected chi connectivity index (χ0v) is 19.5. The van der Waals surface area contributed by atoms with Crippen LogP contribution in [0.4, 0.5) is 5.82 Å². The quantitative estimate of drug-likeness (QED) is 0.389. The number of carbonyl (C=O) groups is 1. The third kappa shape index (κ3) is 4.56. The van der Waals surface area contributed by atoms with Gasteiger partial charge in [-0.1, -0.05) is 24.3 Å². The van der Waals surface area contributed by atoms with Crippen molar-refractivity contribution in [3.8, 4) is 6.07 Å². The molecule has 0 radical (unpaired) electrons. The van der Waals surface area contributed by atoms with E-state index >= 15 is 0 Å². The van der Waals surface area contributed by atoms with Crippen molar-refractivity contribution in [3.05, 3.63) is 83.0 Å². The highest BCUT2D eigenvalue weighted by Gasteiger charge is 2.25. The minimum Gasteiger partial charge on any atom is -0.352 e. The van der Waals surface area contributed by atoms with Gasteiger partial charge in [-0.05, 0) is 41.3 Å². The van der Waals surface area contributed by atoms with Gasteiger partial charge in [0.15, 0.2) is 0 Å². The number of amides is 1. The number of nitrogens with zero attached hydrogens (tertiary/aromatic N) is 5. The van der Waals surface area contributed by atoms with E-state index in [1.807, 2.05) is 58.8 Å². The molecule has 1 saturated heterocycles. The van der Waals surface area contributed by atoms with Crippen LogP contribution < -0.4 is 4.90 Å². The molecule has 0 atom stereocenters. The maximum Gasteiger partial charge on any atom is 0.255 e. The number of hydrogen-bond acceptors (Lipinski definition) is 7. The van der Waals surface area contributed by atoms with Gasteiger partial charge in [-0.2, -0.15) is 5.26 Å². The molecule has 1 amide bonds. The second-order valence-electron chi connectivity index (χ2n) is 7.71. The lowest BCUT2D eigenvalue weighted by atomic mass is 10.1. The summed E-state index contributed by atoms with van der Waals surface area (Å²) in [6, 6.07) is 19.6. The van der Waals surface area contributed by atoms with Crippen LogP contribution >= 0.6 is 23.1 Å². The highest BCUT2D eigenvalue weighted by atomic mass is 32.2. The molecular weight excluding hydrogens is 450 g/mol.